The van der Waals surface area contributed by atoms with Crippen LogP contribution in [-0.2, 0) is 11.2 Å². The van der Waals surface area contributed by atoms with E-state index in [4.69, 9.17) is 0 Å². The molecule has 0 unspecified atom stereocenters. The van der Waals surface area contributed by atoms with E-state index < -0.39 is 0 Å². The van der Waals surface area contributed by atoms with Gasteiger partial charge in [-0.2, -0.15) is 0 Å². The van der Waals surface area contributed by atoms with Crippen molar-refractivity contribution >= 4 is 18.3 Å². The van der Waals surface area contributed by atoms with Gasteiger partial charge >= 0.3 is 0 Å². The number of rotatable bonds is 5. The van der Waals surface area contributed by atoms with Gasteiger partial charge in [0.25, 0.3) is 0 Å². The zero-order valence-electron chi connectivity index (χ0n) is 13.0. The van der Waals surface area contributed by atoms with E-state index in [1.807, 2.05) is 11.0 Å². The Morgan fingerprint density at radius 1 is 1.33 bits per heavy atom. The smallest absolute Gasteiger partial charge is 0.225 e. The van der Waals surface area contributed by atoms with Crippen LogP contribution in [0.3, 0.4) is 0 Å². The Kier molecular flexibility index (Phi) is 7.76. The van der Waals surface area contributed by atoms with E-state index in [1.165, 1.54) is 5.56 Å². The van der Waals surface area contributed by atoms with Gasteiger partial charge in [0.2, 0.25) is 5.91 Å². The lowest BCUT2D eigenvalue weighted by atomic mass is 9.92. The van der Waals surface area contributed by atoms with Crippen molar-refractivity contribution in [3.8, 4) is 0 Å². The molecule has 0 radical (unpaired) electrons. The van der Waals surface area contributed by atoms with Crippen molar-refractivity contribution in [3.05, 3.63) is 35.9 Å². The highest BCUT2D eigenvalue weighted by atomic mass is 35.5. The summed E-state index contributed by atoms with van der Waals surface area (Å²) in [6.07, 6.45) is 2.90. The fourth-order valence-corrected chi connectivity index (χ4v) is 2.95. The molecule has 1 saturated heterocycles. The summed E-state index contributed by atoms with van der Waals surface area (Å²) in [5, 5.41) is 3.41. The summed E-state index contributed by atoms with van der Waals surface area (Å²) in [6.45, 7) is 6.85. The topological polar surface area (TPSA) is 32.3 Å². The molecule has 3 nitrogen and oxygen atoms in total. The number of nitrogens with zero attached hydrogens (tertiary/aromatic N) is 1. The van der Waals surface area contributed by atoms with E-state index in [-0.39, 0.29) is 18.3 Å². The Bertz CT molecular complexity index is 424. The first-order valence-corrected chi connectivity index (χ1v) is 7.76. The quantitative estimate of drug-likeness (QED) is 0.907. The first kappa shape index (κ1) is 18.0. The van der Waals surface area contributed by atoms with Gasteiger partial charge in [-0.3, -0.25) is 4.79 Å². The van der Waals surface area contributed by atoms with Gasteiger partial charge in [0.15, 0.2) is 0 Å². The van der Waals surface area contributed by atoms with E-state index in [0.717, 1.165) is 38.9 Å². The maximum atomic E-state index is 12.6. The van der Waals surface area contributed by atoms with Crippen molar-refractivity contribution in [2.75, 3.05) is 19.6 Å². The second kappa shape index (κ2) is 9.06. The van der Waals surface area contributed by atoms with Gasteiger partial charge in [-0.25, -0.2) is 0 Å². The van der Waals surface area contributed by atoms with Crippen LogP contribution in [0, 0.1) is 5.92 Å². The molecule has 2 rings (SSSR count). The lowest BCUT2D eigenvalue weighted by molar-refractivity contribution is -0.136. The average molecular weight is 311 g/mol. The minimum atomic E-state index is 0. The maximum Gasteiger partial charge on any atom is 0.225 e. The molecule has 1 aromatic carbocycles. The maximum absolute atomic E-state index is 12.6. The zero-order chi connectivity index (χ0) is 14.4. The van der Waals surface area contributed by atoms with Gasteiger partial charge in [0.05, 0.1) is 0 Å². The zero-order valence-corrected chi connectivity index (χ0v) is 13.9. The molecule has 1 amide bonds. The fourth-order valence-electron chi connectivity index (χ4n) is 2.95. The highest BCUT2D eigenvalue weighted by Crippen LogP contribution is 2.19. The van der Waals surface area contributed by atoms with Crippen LogP contribution in [0.1, 0.15) is 32.3 Å². The molecule has 118 valence electrons. The molecule has 1 heterocycles. The van der Waals surface area contributed by atoms with Crippen molar-refractivity contribution in [2.24, 2.45) is 5.92 Å². The van der Waals surface area contributed by atoms with Gasteiger partial charge < -0.3 is 10.2 Å². The van der Waals surface area contributed by atoms with Crippen LogP contribution in [0.5, 0.6) is 0 Å². The number of amides is 1. The van der Waals surface area contributed by atoms with Crippen LogP contribution in [0.15, 0.2) is 30.3 Å². The fraction of sp³-hybridized carbons (Fsp3) is 0.588. The van der Waals surface area contributed by atoms with Crippen LogP contribution in [-0.4, -0.2) is 36.5 Å². The minimum absolute atomic E-state index is 0. The first-order valence-electron chi connectivity index (χ1n) is 7.76. The molecule has 0 aliphatic carbocycles. The van der Waals surface area contributed by atoms with Crippen LogP contribution in [0.4, 0.5) is 0 Å². The summed E-state index contributed by atoms with van der Waals surface area (Å²) < 4.78 is 0. The number of nitrogens with one attached hydrogen (secondary N) is 1. The van der Waals surface area contributed by atoms with Gasteiger partial charge in [0, 0.05) is 25.0 Å². The summed E-state index contributed by atoms with van der Waals surface area (Å²) in [6, 6.07) is 10.9. The predicted molar refractivity (Wildman–Crippen MR) is 89.8 cm³/mol. The molecule has 4 heteroatoms. The summed E-state index contributed by atoms with van der Waals surface area (Å²) in [5.41, 5.74) is 1.30. The van der Waals surface area contributed by atoms with E-state index in [2.05, 4.69) is 43.4 Å². The summed E-state index contributed by atoms with van der Waals surface area (Å²) in [7, 11) is 0. The standard InChI is InChI=1S/C17H26N2O.ClH/c1-3-19(12-10-15-7-5-4-6-8-15)17(20)16-9-11-18-14(2)13-16;/h4-8,14,16,18H,3,9-13H2,1-2H3;1H/t14-,16-;/m0./s1. The average Bonchev–Trinajstić information content (AvgIpc) is 2.48. The molecular weight excluding hydrogens is 284 g/mol. The second-order valence-electron chi connectivity index (χ2n) is 5.73. The number of hydrogen-bond acceptors (Lipinski definition) is 2. The van der Waals surface area contributed by atoms with Gasteiger partial charge in [-0.1, -0.05) is 30.3 Å². The molecule has 2 atom stereocenters. The third-order valence-corrected chi connectivity index (χ3v) is 4.18. The number of benzene rings is 1. The SMILES string of the molecule is CCN(CCc1ccccc1)C(=O)[C@H]1CCN[C@@H](C)C1.Cl. The van der Waals surface area contributed by atoms with Crippen molar-refractivity contribution in [2.45, 2.75) is 39.2 Å². The van der Waals surface area contributed by atoms with Crippen LogP contribution in [0.25, 0.3) is 0 Å². The molecular formula is C17H27ClN2O. The van der Waals surface area contributed by atoms with E-state index in [9.17, 15) is 4.79 Å². The van der Waals surface area contributed by atoms with E-state index in [1.54, 1.807) is 0 Å². The molecule has 0 aromatic heterocycles. The van der Waals surface area contributed by atoms with Gasteiger partial charge in [-0.15, -0.1) is 12.4 Å². The van der Waals surface area contributed by atoms with E-state index >= 15 is 0 Å². The largest absolute Gasteiger partial charge is 0.342 e. The Labute approximate surface area is 134 Å². The third kappa shape index (κ3) is 5.33. The predicted octanol–water partition coefficient (Wildman–Crippen LogP) is 2.89. The highest BCUT2D eigenvalue weighted by Gasteiger charge is 2.27. The second-order valence-corrected chi connectivity index (χ2v) is 5.73. The number of carbonyl (C=O) groups excluding carboxylic acids is 1. The Morgan fingerprint density at radius 3 is 2.67 bits per heavy atom. The Hall–Kier alpha value is -1.06. The van der Waals surface area contributed by atoms with Crippen LogP contribution >= 0.6 is 12.4 Å². The highest BCUT2D eigenvalue weighted by molar-refractivity contribution is 5.85. The number of likely N-dealkylation sites (N-methyl/N-ethyl adjacent to an activating group) is 1. The molecule has 1 aromatic rings. The first-order chi connectivity index (χ1) is 9.70. The molecule has 0 saturated carbocycles. The normalized spacial score (nSPS) is 21.4. The lowest BCUT2D eigenvalue weighted by Gasteiger charge is -2.31. The van der Waals surface area contributed by atoms with Crippen molar-refractivity contribution < 1.29 is 4.79 Å². The summed E-state index contributed by atoms with van der Waals surface area (Å²) in [4.78, 5) is 14.6. The molecule has 21 heavy (non-hydrogen) atoms. The molecule has 0 spiro atoms. The molecule has 1 N–H and O–H groups in total. The van der Waals surface area contributed by atoms with Crippen molar-refractivity contribution in [1.82, 2.24) is 10.2 Å². The van der Waals surface area contributed by atoms with Gasteiger partial charge in [0.1, 0.15) is 0 Å². The number of halogens is 1. The molecule has 1 aliphatic heterocycles. The lowest BCUT2D eigenvalue weighted by Crippen LogP contribution is -2.44. The molecule has 1 fully saturated rings. The molecule has 1 aliphatic rings. The monoisotopic (exact) mass is 310 g/mol. The van der Waals surface area contributed by atoms with Crippen LogP contribution < -0.4 is 5.32 Å². The molecule has 0 bridgehead atoms. The summed E-state index contributed by atoms with van der Waals surface area (Å²) in [5.74, 6) is 0.554. The Morgan fingerprint density at radius 2 is 2.05 bits per heavy atom. The third-order valence-electron chi connectivity index (χ3n) is 4.18. The van der Waals surface area contributed by atoms with E-state index in [0.29, 0.717) is 11.9 Å². The van der Waals surface area contributed by atoms with Crippen molar-refractivity contribution in [3.63, 3.8) is 0 Å². The number of hydrogen-bond donors (Lipinski definition) is 1. The summed E-state index contributed by atoms with van der Waals surface area (Å²) >= 11 is 0. The van der Waals surface area contributed by atoms with Gasteiger partial charge in [-0.05, 0) is 45.2 Å². The Balaban J connectivity index is 0.00000220. The van der Waals surface area contributed by atoms with Crippen molar-refractivity contribution in [1.29, 1.82) is 0 Å². The minimum Gasteiger partial charge on any atom is -0.342 e. The number of carbonyl (C=O) groups is 1. The van der Waals surface area contributed by atoms with Crippen LogP contribution in [0.2, 0.25) is 0 Å². The number of piperidine rings is 1.